The highest BCUT2D eigenvalue weighted by atomic mass is 35.5. The van der Waals surface area contributed by atoms with Crippen molar-refractivity contribution in [1.29, 1.82) is 0 Å². The van der Waals surface area contributed by atoms with Crippen molar-refractivity contribution in [3.8, 4) is 11.1 Å². The van der Waals surface area contributed by atoms with Crippen LogP contribution in [-0.2, 0) is 11.3 Å². The number of benzene rings is 2. The predicted octanol–water partition coefficient (Wildman–Crippen LogP) is 3.93. The van der Waals surface area contributed by atoms with E-state index in [1.165, 1.54) is 34.5 Å². The Morgan fingerprint density at radius 3 is 2.53 bits per heavy atom. The zero-order valence-electron chi connectivity index (χ0n) is 19.9. The molecule has 188 valence electrons. The van der Waals surface area contributed by atoms with Crippen LogP contribution in [0, 0.1) is 5.82 Å². The molecule has 3 aromatic rings. The van der Waals surface area contributed by atoms with E-state index in [2.05, 4.69) is 11.6 Å². The molecule has 2 aliphatic heterocycles. The summed E-state index contributed by atoms with van der Waals surface area (Å²) < 4.78 is 15.2. The first-order valence-corrected chi connectivity index (χ1v) is 13.1. The lowest BCUT2D eigenvalue weighted by molar-refractivity contribution is -0.130. The summed E-state index contributed by atoms with van der Waals surface area (Å²) in [5.74, 6) is 0.386. The molecule has 2 aromatic carbocycles. The van der Waals surface area contributed by atoms with E-state index in [9.17, 15) is 19.1 Å². The van der Waals surface area contributed by atoms with Crippen molar-refractivity contribution in [2.24, 2.45) is 0 Å². The molecule has 0 aliphatic carbocycles. The third-order valence-corrected chi connectivity index (χ3v) is 8.28. The summed E-state index contributed by atoms with van der Waals surface area (Å²) in [5, 5.41) is 11.7. The van der Waals surface area contributed by atoms with Gasteiger partial charge in [0.05, 0.1) is 23.2 Å². The highest BCUT2D eigenvalue weighted by Crippen LogP contribution is 2.45. The SMILES string of the molecule is C=CC(=O)N1[C@H](C)CN(c2nc(=O)n3c4c(c(-c5ccc(F)cc5)c(Cl)cc24)SCC(O)C3)C[C@@H]1C. The molecule has 10 heteroatoms. The van der Waals surface area contributed by atoms with E-state index in [-0.39, 0.29) is 30.4 Å². The lowest BCUT2D eigenvalue weighted by Gasteiger charge is -2.44. The lowest BCUT2D eigenvalue weighted by atomic mass is 10.0. The van der Waals surface area contributed by atoms with Gasteiger partial charge >= 0.3 is 5.69 Å². The normalized spacial score (nSPS) is 22.0. The van der Waals surface area contributed by atoms with Crippen LogP contribution in [0.5, 0.6) is 0 Å². The van der Waals surface area contributed by atoms with E-state index in [1.807, 2.05) is 18.7 Å². The predicted molar refractivity (Wildman–Crippen MR) is 141 cm³/mol. The van der Waals surface area contributed by atoms with E-state index in [4.69, 9.17) is 11.6 Å². The summed E-state index contributed by atoms with van der Waals surface area (Å²) in [6.07, 6.45) is 0.572. The molecule has 0 bridgehead atoms. The summed E-state index contributed by atoms with van der Waals surface area (Å²) in [7, 11) is 0. The number of carbonyl (C=O) groups is 1. The molecule has 0 spiro atoms. The van der Waals surface area contributed by atoms with Crippen molar-refractivity contribution >= 4 is 46.0 Å². The van der Waals surface area contributed by atoms with Crippen molar-refractivity contribution in [3.63, 3.8) is 0 Å². The van der Waals surface area contributed by atoms with Gasteiger partial charge in [0, 0.05) is 46.8 Å². The average molecular weight is 529 g/mol. The van der Waals surface area contributed by atoms with Gasteiger partial charge in [0.15, 0.2) is 0 Å². The van der Waals surface area contributed by atoms with Crippen LogP contribution in [0.25, 0.3) is 22.0 Å². The molecule has 1 saturated heterocycles. The molecule has 0 radical (unpaired) electrons. The molecule has 1 amide bonds. The maximum Gasteiger partial charge on any atom is 0.350 e. The van der Waals surface area contributed by atoms with E-state index in [0.29, 0.717) is 46.1 Å². The molecule has 5 rings (SSSR count). The third kappa shape index (κ3) is 4.19. The molecular weight excluding hydrogens is 503 g/mol. The van der Waals surface area contributed by atoms with Gasteiger partial charge in [-0.1, -0.05) is 30.3 Å². The molecule has 1 fully saturated rings. The minimum Gasteiger partial charge on any atom is -0.390 e. The quantitative estimate of drug-likeness (QED) is 0.519. The summed E-state index contributed by atoms with van der Waals surface area (Å²) in [4.78, 5) is 34.7. The fraction of sp³-hybridized carbons (Fsp3) is 0.346. The van der Waals surface area contributed by atoms with E-state index >= 15 is 0 Å². The number of aromatic nitrogens is 2. The van der Waals surface area contributed by atoms with Crippen LogP contribution in [0.2, 0.25) is 5.02 Å². The fourth-order valence-corrected chi connectivity index (χ4v) is 6.84. The standard InChI is InChI=1S/C26H26ClFN4O3S/c1-4-21(34)32-14(2)10-30(11-15(32)3)25-19-9-20(27)22(16-5-7-17(28)8-6-16)24-23(19)31(26(35)29-25)12-18(33)13-36-24/h4-9,14-15,18,33H,1,10-13H2,2-3H3/t14-,15+,18?. The topological polar surface area (TPSA) is 78.7 Å². The number of aliphatic hydroxyl groups is 1. The number of nitrogens with zero attached hydrogens (tertiary/aromatic N) is 4. The third-order valence-electron chi connectivity index (χ3n) is 6.74. The minimum atomic E-state index is -0.746. The number of rotatable bonds is 3. The molecule has 1 aromatic heterocycles. The molecule has 0 saturated carbocycles. The maximum absolute atomic E-state index is 13.6. The Bertz CT molecular complexity index is 1420. The zero-order valence-corrected chi connectivity index (χ0v) is 21.5. The number of thioether (sulfide) groups is 1. The Morgan fingerprint density at radius 2 is 1.89 bits per heavy atom. The van der Waals surface area contributed by atoms with Gasteiger partial charge in [-0.05, 0) is 43.7 Å². The second kappa shape index (κ2) is 9.53. The first kappa shape index (κ1) is 24.8. The second-order valence-electron chi connectivity index (χ2n) is 9.31. The van der Waals surface area contributed by atoms with Crippen LogP contribution in [0.1, 0.15) is 13.8 Å². The summed E-state index contributed by atoms with van der Waals surface area (Å²) in [6.45, 7) is 8.61. The van der Waals surface area contributed by atoms with Crippen LogP contribution in [-0.4, -0.2) is 62.5 Å². The monoisotopic (exact) mass is 528 g/mol. The van der Waals surface area contributed by atoms with Crippen LogP contribution in [0.4, 0.5) is 10.2 Å². The summed E-state index contributed by atoms with van der Waals surface area (Å²) >= 11 is 8.28. The van der Waals surface area contributed by atoms with Crippen molar-refractivity contribution in [3.05, 3.63) is 64.3 Å². The number of amides is 1. The first-order valence-electron chi connectivity index (χ1n) is 11.7. The van der Waals surface area contributed by atoms with Crippen LogP contribution in [0.15, 0.2) is 52.7 Å². The lowest BCUT2D eigenvalue weighted by Crippen LogP contribution is -2.58. The first-order chi connectivity index (χ1) is 17.2. The van der Waals surface area contributed by atoms with Crippen molar-refractivity contribution in [1.82, 2.24) is 14.5 Å². The molecule has 3 atom stereocenters. The van der Waals surface area contributed by atoms with Gasteiger partial charge in [-0.2, -0.15) is 4.98 Å². The molecule has 1 N–H and O–H groups in total. The minimum absolute atomic E-state index is 0.113. The number of anilines is 1. The largest absolute Gasteiger partial charge is 0.390 e. The fourth-order valence-electron chi connectivity index (χ4n) is 5.28. The second-order valence-corrected chi connectivity index (χ2v) is 10.7. The maximum atomic E-state index is 13.6. The number of piperazine rings is 1. The number of hydrogen-bond acceptors (Lipinski definition) is 6. The van der Waals surface area contributed by atoms with Gasteiger partial charge in [-0.15, -0.1) is 11.8 Å². The molecule has 2 aliphatic rings. The van der Waals surface area contributed by atoms with Gasteiger partial charge in [-0.25, -0.2) is 9.18 Å². The smallest absolute Gasteiger partial charge is 0.350 e. The Labute approximate surface area is 217 Å². The highest BCUT2D eigenvalue weighted by molar-refractivity contribution is 7.99. The summed E-state index contributed by atoms with van der Waals surface area (Å²) in [6, 6.07) is 7.60. The van der Waals surface area contributed by atoms with Crippen molar-refractivity contribution in [2.45, 2.75) is 43.5 Å². The van der Waals surface area contributed by atoms with Crippen LogP contribution < -0.4 is 10.6 Å². The Hall–Kier alpha value is -2.88. The number of hydrogen-bond donors (Lipinski definition) is 1. The molecule has 7 nitrogen and oxygen atoms in total. The van der Waals surface area contributed by atoms with Crippen LogP contribution in [0.3, 0.4) is 0 Å². The Morgan fingerprint density at radius 1 is 1.22 bits per heavy atom. The number of halogens is 2. The highest BCUT2D eigenvalue weighted by Gasteiger charge is 2.34. The Kier molecular flexibility index (Phi) is 6.57. The van der Waals surface area contributed by atoms with Gasteiger partial charge in [-0.3, -0.25) is 9.36 Å². The van der Waals surface area contributed by atoms with Crippen molar-refractivity contribution in [2.75, 3.05) is 23.7 Å². The van der Waals surface area contributed by atoms with Gasteiger partial charge < -0.3 is 14.9 Å². The van der Waals surface area contributed by atoms with Crippen molar-refractivity contribution < 1.29 is 14.3 Å². The molecule has 3 heterocycles. The number of aliphatic hydroxyl groups excluding tert-OH is 1. The summed E-state index contributed by atoms with van der Waals surface area (Å²) in [5.41, 5.74) is 1.60. The van der Waals surface area contributed by atoms with Gasteiger partial charge in [0.2, 0.25) is 5.91 Å². The van der Waals surface area contributed by atoms with Gasteiger partial charge in [0.25, 0.3) is 0 Å². The molecule has 1 unspecified atom stereocenters. The van der Waals surface area contributed by atoms with E-state index < -0.39 is 11.8 Å². The molecule has 36 heavy (non-hydrogen) atoms. The average Bonchev–Trinajstić information content (AvgIpc) is 3.01. The van der Waals surface area contributed by atoms with E-state index in [0.717, 1.165) is 10.5 Å². The zero-order chi connectivity index (χ0) is 25.7. The van der Waals surface area contributed by atoms with Crippen LogP contribution >= 0.6 is 23.4 Å². The molecular formula is C26H26ClFN4O3S. The number of carbonyl (C=O) groups excluding carboxylic acids is 1. The van der Waals surface area contributed by atoms with E-state index in [1.54, 1.807) is 23.1 Å². The van der Waals surface area contributed by atoms with Gasteiger partial charge in [0.1, 0.15) is 11.6 Å². The Balaban J connectivity index is 1.73.